The number of ether oxygens (including phenoxy) is 1. The number of aliphatic hydroxyl groups is 1. The molecule has 0 bridgehead atoms. The molecule has 1 aliphatic rings. The number of rotatable bonds is 4. The summed E-state index contributed by atoms with van der Waals surface area (Å²) in [6.07, 6.45) is 1.21. The van der Waals surface area contributed by atoms with E-state index in [9.17, 15) is 9.90 Å². The lowest BCUT2D eigenvalue weighted by atomic mass is 9.96. The van der Waals surface area contributed by atoms with Gasteiger partial charge in [-0.1, -0.05) is 31.2 Å². The van der Waals surface area contributed by atoms with Gasteiger partial charge in [-0.25, -0.2) is 0 Å². The molecule has 1 amide bonds. The number of benzene rings is 2. The van der Waals surface area contributed by atoms with E-state index in [0.29, 0.717) is 29.0 Å². The number of carbonyl (C=O) groups is 1. The van der Waals surface area contributed by atoms with Crippen molar-refractivity contribution in [1.29, 1.82) is 0 Å². The van der Waals surface area contributed by atoms with Crippen LogP contribution in [0.25, 0.3) is 0 Å². The highest BCUT2D eigenvalue weighted by Gasteiger charge is 2.45. The molecule has 130 valence electrons. The van der Waals surface area contributed by atoms with Crippen LogP contribution in [0.15, 0.2) is 53.6 Å². The lowest BCUT2D eigenvalue weighted by Gasteiger charge is -2.31. The first kappa shape index (κ1) is 17.2. The molecule has 5 nitrogen and oxygen atoms in total. The fourth-order valence-corrected chi connectivity index (χ4v) is 3.02. The molecule has 0 fully saturated rings. The zero-order chi connectivity index (χ0) is 18.0. The topological polar surface area (TPSA) is 62.1 Å². The summed E-state index contributed by atoms with van der Waals surface area (Å²) >= 11 is 0. The van der Waals surface area contributed by atoms with Gasteiger partial charge in [0.25, 0.3) is 5.91 Å². The summed E-state index contributed by atoms with van der Waals surface area (Å²) in [5.74, 6) is 0.324. The van der Waals surface area contributed by atoms with Crippen molar-refractivity contribution >= 4 is 11.6 Å². The second-order valence-electron chi connectivity index (χ2n) is 6.22. The summed E-state index contributed by atoms with van der Waals surface area (Å²) in [6.45, 7) is 3.89. The normalized spacial score (nSPS) is 19.7. The van der Waals surface area contributed by atoms with E-state index in [-0.39, 0.29) is 5.91 Å². The fourth-order valence-electron chi connectivity index (χ4n) is 3.02. The van der Waals surface area contributed by atoms with Crippen LogP contribution < -0.4 is 4.74 Å². The molecule has 5 heteroatoms. The van der Waals surface area contributed by atoms with Crippen LogP contribution in [0.3, 0.4) is 0 Å². The van der Waals surface area contributed by atoms with Crippen LogP contribution in [0.1, 0.15) is 41.8 Å². The third-order valence-corrected chi connectivity index (χ3v) is 4.48. The van der Waals surface area contributed by atoms with Crippen molar-refractivity contribution in [3.63, 3.8) is 0 Å². The van der Waals surface area contributed by atoms with E-state index in [2.05, 4.69) is 12.0 Å². The first-order valence-corrected chi connectivity index (χ1v) is 8.32. The van der Waals surface area contributed by atoms with Crippen molar-refractivity contribution in [1.82, 2.24) is 5.01 Å². The summed E-state index contributed by atoms with van der Waals surface area (Å²) in [4.78, 5) is 12.9. The molecule has 25 heavy (non-hydrogen) atoms. The van der Waals surface area contributed by atoms with Gasteiger partial charge in [0.2, 0.25) is 0 Å². The van der Waals surface area contributed by atoms with Gasteiger partial charge in [0, 0.05) is 23.3 Å². The zero-order valence-corrected chi connectivity index (χ0v) is 14.7. The van der Waals surface area contributed by atoms with Crippen LogP contribution in [-0.2, 0) is 12.1 Å². The highest BCUT2D eigenvalue weighted by Crippen LogP contribution is 2.36. The summed E-state index contributed by atoms with van der Waals surface area (Å²) < 4.78 is 5.12. The van der Waals surface area contributed by atoms with Crippen LogP contribution in [-0.4, -0.2) is 28.8 Å². The molecular formula is C20H22N2O3. The van der Waals surface area contributed by atoms with Gasteiger partial charge in [-0.15, -0.1) is 0 Å². The van der Waals surface area contributed by atoms with Crippen LogP contribution >= 0.6 is 0 Å². The van der Waals surface area contributed by atoms with Gasteiger partial charge in [-0.3, -0.25) is 4.79 Å². The number of nitrogens with zero attached hydrogens (tertiary/aromatic N) is 2. The lowest BCUT2D eigenvalue weighted by Crippen LogP contribution is -2.43. The third-order valence-electron chi connectivity index (χ3n) is 4.48. The van der Waals surface area contributed by atoms with Crippen molar-refractivity contribution < 1.29 is 14.6 Å². The van der Waals surface area contributed by atoms with Gasteiger partial charge in [0.15, 0.2) is 5.72 Å². The Kier molecular flexibility index (Phi) is 4.59. The van der Waals surface area contributed by atoms with Crippen molar-refractivity contribution in [2.24, 2.45) is 5.10 Å². The Bertz CT molecular complexity index is 797. The van der Waals surface area contributed by atoms with E-state index >= 15 is 0 Å². The number of hydrogen-bond donors (Lipinski definition) is 1. The van der Waals surface area contributed by atoms with E-state index < -0.39 is 5.72 Å². The summed E-state index contributed by atoms with van der Waals surface area (Å²) in [5, 5.41) is 16.7. The summed E-state index contributed by atoms with van der Waals surface area (Å²) in [6, 6.07) is 14.4. The Labute approximate surface area is 147 Å². The van der Waals surface area contributed by atoms with Crippen molar-refractivity contribution in [2.45, 2.75) is 32.4 Å². The van der Waals surface area contributed by atoms with Gasteiger partial charge in [-0.2, -0.15) is 10.1 Å². The molecule has 1 heterocycles. The maximum absolute atomic E-state index is 12.9. The number of hydrazone groups is 1. The monoisotopic (exact) mass is 338 g/mol. The first-order chi connectivity index (χ1) is 12.0. The molecule has 0 saturated carbocycles. The lowest BCUT2D eigenvalue weighted by molar-refractivity contribution is -0.0765. The van der Waals surface area contributed by atoms with Crippen LogP contribution in [0.4, 0.5) is 0 Å². The summed E-state index contributed by atoms with van der Waals surface area (Å²) in [5.41, 5.74) is 1.53. The predicted molar refractivity (Wildman–Crippen MR) is 96.6 cm³/mol. The minimum Gasteiger partial charge on any atom is -0.497 e. The average Bonchev–Trinajstić information content (AvgIpc) is 2.96. The predicted octanol–water partition coefficient (Wildman–Crippen LogP) is 3.32. The maximum atomic E-state index is 12.9. The molecule has 0 unspecified atom stereocenters. The Morgan fingerprint density at radius 3 is 2.40 bits per heavy atom. The minimum absolute atomic E-state index is 0.292. The smallest absolute Gasteiger partial charge is 0.276 e. The minimum atomic E-state index is -1.46. The average molecular weight is 338 g/mol. The molecule has 3 rings (SSSR count). The first-order valence-electron chi connectivity index (χ1n) is 8.32. The number of aryl methyl sites for hydroxylation is 1. The van der Waals surface area contributed by atoms with Gasteiger partial charge in [-0.05, 0) is 43.2 Å². The molecule has 0 aliphatic carbocycles. The SMILES string of the molecule is CCc1ccc([C@@]2(O)CC(C)=NN2C(=O)c2ccc(OC)cc2)cc1. The Balaban J connectivity index is 1.94. The summed E-state index contributed by atoms with van der Waals surface area (Å²) in [7, 11) is 1.57. The molecule has 0 saturated heterocycles. The maximum Gasteiger partial charge on any atom is 0.276 e. The highest BCUT2D eigenvalue weighted by molar-refractivity contribution is 5.98. The van der Waals surface area contributed by atoms with Crippen LogP contribution in [0, 0.1) is 0 Å². The fraction of sp³-hybridized carbons (Fsp3) is 0.300. The molecule has 0 radical (unpaired) electrons. The molecular weight excluding hydrogens is 316 g/mol. The van der Waals surface area contributed by atoms with Crippen LogP contribution in [0.2, 0.25) is 0 Å². The number of carbonyl (C=O) groups excluding carboxylic acids is 1. The molecule has 0 aromatic heterocycles. The third kappa shape index (κ3) is 3.15. The molecule has 1 aliphatic heterocycles. The van der Waals surface area contributed by atoms with Crippen molar-refractivity contribution in [3.05, 3.63) is 65.2 Å². The van der Waals surface area contributed by atoms with E-state index in [0.717, 1.165) is 6.42 Å². The van der Waals surface area contributed by atoms with Crippen LogP contribution in [0.5, 0.6) is 5.75 Å². The molecule has 2 aromatic rings. The number of amides is 1. The second-order valence-corrected chi connectivity index (χ2v) is 6.22. The van der Waals surface area contributed by atoms with Crippen molar-refractivity contribution in [2.75, 3.05) is 7.11 Å². The molecule has 1 N–H and O–H groups in total. The quantitative estimate of drug-likeness (QED) is 0.930. The van der Waals surface area contributed by atoms with Gasteiger partial charge >= 0.3 is 0 Å². The number of hydrogen-bond acceptors (Lipinski definition) is 4. The van der Waals surface area contributed by atoms with E-state index in [1.807, 2.05) is 31.2 Å². The standard InChI is InChI=1S/C20H22N2O3/c1-4-15-5-9-17(10-6-15)20(24)13-14(2)21-22(20)19(23)16-7-11-18(25-3)12-8-16/h5-12,24H,4,13H2,1-3H3/t20-/m0/s1. The molecule has 1 atom stereocenters. The second kappa shape index (κ2) is 6.69. The van der Waals surface area contributed by atoms with Crippen molar-refractivity contribution in [3.8, 4) is 5.75 Å². The van der Waals surface area contributed by atoms with Gasteiger partial charge < -0.3 is 9.84 Å². The Hall–Kier alpha value is -2.66. The largest absolute Gasteiger partial charge is 0.497 e. The van der Waals surface area contributed by atoms with E-state index in [1.54, 1.807) is 31.4 Å². The van der Waals surface area contributed by atoms with E-state index in [4.69, 9.17) is 4.74 Å². The number of methoxy groups -OCH3 is 1. The molecule has 0 spiro atoms. The Morgan fingerprint density at radius 2 is 1.84 bits per heavy atom. The zero-order valence-electron chi connectivity index (χ0n) is 14.7. The van der Waals surface area contributed by atoms with Gasteiger partial charge in [0.1, 0.15) is 5.75 Å². The van der Waals surface area contributed by atoms with E-state index in [1.165, 1.54) is 10.6 Å². The molecule has 2 aromatic carbocycles. The van der Waals surface area contributed by atoms with Gasteiger partial charge in [0.05, 0.1) is 7.11 Å². The Morgan fingerprint density at radius 1 is 1.20 bits per heavy atom. The highest BCUT2D eigenvalue weighted by atomic mass is 16.5.